The van der Waals surface area contributed by atoms with Crippen molar-refractivity contribution in [2.45, 2.75) is 19.4 Å². The van der Waals surface area contributed by atoms with Gasteiger partial charge in [-0.3, -0.25) is 9.48 Å². The van der Waals surface area contributed by atoms with Gasteiger partial charge in [0.15, 0.2) is 0 Å². The lowest BCUT2D eigenvalue weighted by molar-refractivity contribution is 0.0983. The zero-order valence-electron chi connectivity index (χ0n) is 11.7. The van der Waals surface area contributed by atoms with Crippen LogP contribution in [0.15, 0.2) is 30.5 Å². The number of hydrogen-bond acceptors (Lipinski definition) is 3. The number of nitrogens with two attached hydrogens (primary N) is 1. The molecule has 1 aromatic carbocycles. The highest BCUT2D eigenvalue weighted by Crippen LogP contribution is 2.33. The van der Waals surface area contributed by atoms with Crippen molar-refractivity contribution < 1.29 is 4.79 Å². The average Bonchev–Trinajstić information content (AvgIpc) is 2.78. The molecule has 20 heavy (non-hydrogen) atoms. The zero-order chi connectivity index (χ0) is 14.3. The molecule has 0 saturated heterocycles. The Hall–Kier alpha value is -2.14. The number of nitrogens with zero attached hydrogens (tertiary/aromatic N) is 3. The fraction of sp³-hybridized carbons (Fsp3) is 0.333. The van der Waals surface area contributed by atoms with E-state index in [2.05, 4.69) is 5.10 Å². The second kappa shape index (κ2) is 4.76. The van der Waals surface area contributed by atoms with Crippen LogP contribution in [0, 0.1) is 6.92 Å². The first kappa shape index (κ1) is 12.9. The third-order valence-electron chi connectivity index (χ3n) is 3.78. The molecule has 1 aliphatic rings. The number of carbonyl (C=O) groups excluding carboxylic acids is 1. The third-order valence-corrected chi connectivity index (χ3v) is 3.78. The van der Waals surface area contributed by atoms with Gasteiger partial charge < -0.3 is 10.6 Å². The standard InChI is InChI=1S/C15H18N4O/c1-10-12(9-18(2)17-10)15(20)19-8-7-13(16)11-5-3-4-6-14(11)19/h3-6,9,13H,7-8,16H2,1-2H3. The first-order valence-corrected chi connectivity index (χ1v) is 6.74. The van der Waals surface area contributed by atoms with E-state index < -0.39 is 0 Å². The predicted molar refractivity (Wildman–Crippen MR) is 77.6 cm³/mol. The van der Waals surface area contributed by atoms with Gasteiger partial charge in [0.25, 0.3) is 5.91 Å². The summed E-state index contributed by atoms with van der Waals surface area (Å²) in [6, 6.07) is 7.85. The Balaban J connectivity index is 2.01. The summed E-state index contributed by atoms with van der Waals surface area (Å²) >= 11 is 0. The molecule has 104 valence electrons. The molecule has 3 rings (SSSR count). The van der Waals surface area contributed by atoms with Crippen molar-refractivity contribution in [3.63, 3.8) is 0 Å². The van der Waals surface area contributed by atoms with Crippen LogP contribution in [0.1, 0.15) is 34.1 Å². The molecule has 1 aliphatic heterocycles. The van der Waals surface area contributed by atoms with E-state index in [9.17, 15) is 4.79 Å². The number of aryl methyl sites for hydroxylation is 2. The normalized spacial score (nSPS) is 17.9. The van der Waals surface area contributed by atoms with Crippen molar-refractivity contribution in [2.75, 3.05) is 11.4 Å². The topological polar surface area (TPSA) is 64.2 Å². The summed E-state index contributed by atoms with van der Waals surface area (Å²) in [6.45, 7) is 2.50. The molecule has 0 fully saturated rings. The quantitative estimate of drug-likeness (QED) is 0.859. The molecule has 0 bridgehead atoms. The van der Waals surface area contributed by atoms with Gasteiger partial charge in [0.05, 0.1) is 11.3 Å². The minimum atomic E-state index is -0.00468. The lowest BCUT2D eigenvalue weighted by Gasteiger charge is -2.32. The van der Waals surface area contributed by atoms with Crippen LogP contribution in [0.5, 0.6) is 0 Å². The number of rotatable bonds is 1. The van der Waals surface area contributed by atoms with Crippen molar-refractivity contribution in [3.05, 3.63) is 47.3 Å². The van der Waals surface area contributed by atoms with Gasteiger partial charge in [-0.2, -0.15) is 5.10 Å². The van der Waals surface area contributed by atoms with Gasteiger partial charge in [-0.1, -0.05) is 18.2 Å². The van der Waals surface area contributed by atoms with E-state index in [1.807, 2.05) is 43.1 Å². The highest BCUT2D eigenvalue weighted by Gasteiger charge is 2.28. The van der Waals surface area contributed by atoms with Crippen molar-refractivity contribution in [1.82, 2.24) is 9.78 Å². The molecule has 5 heteroatoms. The fourth-order valence-electron chi connectivity index (χ4n) is 2.76. The second-order valence-electron chi connectivity index (χ2n) is 5.21. The molecule has 1 atom stereocenters. The van der Waals surface area contributed by atoms with Crippen LogP contribution in [0.25, 0.3) is 0 Å². The maximum atomic E-state index is 12.7. The van der Waals surface area contributed by atoms with Crippen LogP contribution in [0.3, 0.4) is 0 Å². The van der Waals surface area contributed by atoms with Crippen LogP contribution < -0.4 is 10.6 Å². The molecular formula is C15H18N4O. The van der Waals surface area contributed by atoms with E-state index in [0.717, 1.165) is 23.4 Å². The lowest BCUT2D eigenvalue weighted by Crippen LogP contribution is -2.38. The molecule has 1 unspecified atom stereocenters. The Morgan fingerprint density at radius 3 is 2.85 bits per heavy atom. The summed E-state index contributed by atoms with van der Waals surface area (Å²) in [5, 5.41) is 4.24. The maximum absolute atomic E-state index is 12.7. The van der Waals surface area contributed by atoms with Crippen molar-refractivity contribution in [2.24, 2.45) is 12.8 Å². The van der Waals surface area contributed by atoms with Crippen LogP contribution >= 0.6 is 0 Å². The van der Waals surface area contributed by atoms with E-state index in [1.165, 1.54) is 0 Å². The summed E-state index contributed by atoms with van der Waals surface area (Å²) in [7, 11) is 1.82. The van der Waals surface area contributed by atoms with Gasteiger partial charge in [-0.05, 0) is 25.0 Å². The Morgan fingerprint density at radius 1 is 1.40 bits per heavy atom. The summed E-state index contributed by atoms with van der Waals surface area (Å²) in [4.78, 5) is 14.5. The monoisotopic (exact) mass is 270 g/mol. The lowest BCUT2D eigenvalue weighted by atomic mass is 9.96. The summed E-state index contributed by atoms with van der Waals surface area (Å²) in [6.07, 6.45) is 2.55. The van der Waals surface area contributed by atoms with Gasteiger partial charge in [-0.25, -0.2) is 0 Å². The fourth-order valence-corrected chi connectivity index (χ4v) is 2.76. The summed E-state index contributed by atoms with van der Waals surface area (Å²) in [5.74, 6) is -0.00468. The van der Waals surface area contributed by atoms with Crippen molar-refractivity contribution >= 4 is 11.6 Å². The van der Waals surface area contributed by atoms with E-state index in [0.29, 0.717) is 12.1 Å². The maximum Gasteiger partial charge on any atom is 0.261 e. The molecular weight excluding hydrogens is 252 g/mol. The summed E-state index contributed by atoms with van der Waals surface area (Å²) in [5.41, 5.74) is 9.48. The molecule has 5 nitrogen and oxygen atoms in total. The number of hydrogen-bond donors (Lipinski definition) is 1. The Bertz CT molecular complexity index is 662. The number of anilines is 1. The highest BCUT2D eigenvalue weighted by atomic mass is 16.2. The van der Waals surface area contributed by atoms with E-state index in [4.69, 9.17) is 5.73 Å². The van der Waals surface area contributed by atoms with E-state index in [-0.39, 0.29) is 11.9 Å². The number of benzene rings is 1. The third kappa shape index (κ3) is 2.00. The van der Waals surface area contributed by atoms with Crippen LogP contribution in [-0.2, 0) is 7.05 Å². The van der Waals surface area contributed by atoms with Crippen molar-refractivity contribution in [1.29, 1.82) is 0 Å². The zero-order valence-corrected chi connectivity index (χ0v) is 11.7. The number of para-hydroxylation sites is 1. The molecule has 2 aromatic rings. The highest BCUT2D eigenvalue weighted by molar-refractivity contribution is 6.07. The minimum absolute atomic E-state index is 0.00468. The second-order valence-corrected chi connectivity index (χ2v) is 5.21. The summed E-state index contributed by atoms with van der Waals surface area (Å²) < 4.78 is 1.67. The average molecular weight is 270 g/mol. The first-order chi connectivity index (χ1) is 9.58. The number of aromatic nitrogens is 2. The molecule has 2 heterocycles. The van der Waals surface area contributed by atoms with Gasteiger partial charge >= 0.3 is 0 Å². The van der Waals surface area contributed by atoms with Gasteiger partial charge in [0.1, 0.15) is 0 Å². The molecule has 0 radical (unpaired) electrons. The molecule has 0 saturated carbocycles. The van der Waals surface area contributed by atoms with Gasteiger partial charge in [0.2, 0.25) is 0 Å². The van der Waals surface area contributed by atoms with Gasteiger partial charge in [-0.15, -0.1) is 0 Å². The smallest absolute Gasteiger partial charge is 0.261 e. The SMILES string of the molecule is Cc1nn(C)cc1C(=O)N1CCC(N)c2ccccc21. The van der Waals surface area contributed by atoms with E-state index in [1.54, 1.807) is 10.9 Å². The number of fused-ring (bicyclic) bond motifs is 1. The minimum Gasteiger partial charge on any atom is -0.324 e. The Kier molecular flexibility index (Phi) is 3.06. The molecule has 1 amide bonds. The van der Waals surface area contributed by atoms with Gasteiger partial charge in [0, 0.05) is 31.5 Å². The predicted octanol–water partition coefficient (Wildman–Crippen LogP) is 1.78. The number of amides is 1. The molecule has 0 spiro atoms. The van der Waals surface area contributed by atoms with E-state index >= 15 is 0 Å². The molecule has 2 N–H and O–H groups in total. The van der Waals surface area contributed by atoms with Crippen LogP contribution in [0.2, 0.25) is 0 Å². The Morgan fingerprint density at radius 2 is 2.15 bits per heavy atom. The molecule has 1 aromatic heterocycles. The van der Waals surface area contributed by atoms with Crippen LogP contribution in [-0.4, -0.2) is 22.2 Å². The van der Waals surface area contributed by atoms with Crippen molar-refractivity contribution in [3.8, 4) is 0 Å². The largest absolute Gasteiger partial charge is 0.324 e. The number of carbonyl (C=O) groups is 1. The molecule has 0 aliphatic carbocycles. The van der Waals surface area contributed by atoms with Crippen LogP contribution in [0.4, 0.5) is 5.69 Å². The first-order valence-electron chi connectivity index (χ1n) is 6.74. The Labute approximate surface area is 118 Å².